The molecule has 2 atom stereocenters. The third kappa shape index (κ3) is 6.53. The maximum atomic E-state index is 13.4. The van der Waals surface area contributed by atoms with Crippen molar-refractivity contribution in [3.63, 3.8) is 0 Å². The van der Waals surface area contributed by atoms with Gasteiger partial charge in [-0.25, -0.2) is 4.79 Å². The van der Waals surface area contributed by atoms with E-state index in [2.05, 4.69) is 10.6 Å². The lowest BCUT2D eigenvalue weighted by Crippen LogP contribution is -2.54. The van der Waals surface area contributed by atoms with E-state index in [9.17, 15) is 33.6 Å². The second kappa shape index (κ2) is 12.2. The third-order valence-electron chi connectivity index (χ3n) is 8.23. The Morgan fingerprint density at radius 3 is 2.25 bits per heavy atom. The van der Waals surface area contributed by atoms with E-state index < -0.39 is 41.4 Å². The van der Waals surface area contributed by atoms with Gasteiger partial charge in [0.2, 0.25) is 23.6 Å². The van der Waals surface area contributed by atoms with Crippen molar-refractivity contribution in [2.24, 2.45) is 0 Å². The van der Waals surface area contributed by atoms with Crippen LogP contribution in [0.1, 0.15) is 73.6 Å². The number of carbonyl (C=O) groups is 7. The van der Waals surface area contributed by atoms with Crippen LogP contribution in [0.15, 0.2) is 18.2 Å². The Bertz CT molecular complexity index is 1400. The molecule has 4 aliphatic heterocycles. The van der Waals surface area contributed by atoms with E-state index in [1.54, 1.807) is 48.8 Å². The van der Waals surface area contributed by atoms with Gasteiger partial charge in [-0.05, 0) is 45.7 Å². The molecule has 0 spiro atoms. The van der Waals surface area contributed by atoms with Gasteiger partial charge in [0.05, 0.1) is 22.9 Å². The van der Waals surface area contributed by atoms with Crippen LogP contribution in [-0.2, 0) is 23.9 Å². The van der Waals surface area contributed by atoms with Crippen molar-refractivity contribution < 1.29 is 38.3 Å². The summed E-state index contributed by atoms with van der Waals surface area (Å²) in [5, 5.41) is 4.99. The molecule has 0 aromatic heterocycles. The van der Waals surface area contributed by atoms with Gasteiger partial charge in [-0.15, -0.1) is 0 Å². The molecule has 4 aliphatic rings. The van der Waals surface area contributed by atoms with Crippen molar-refractivity contribution in [3.05, 3.63) is 29.3 Å². The van der Waals surface area contributed by atoms with Crippen LogP contribution in [0.3, 0.4) is 0 Å². The van der Waals surface area contributed by atoms with Gasteiger partial charge >= 0.3 is 6.09 Å². The number of nitrogens with one attached hydrogen (secondary N) is 2. The van der Waals surface area contributed by atoms with Crippen molar-refractivity contribution >= 4 is 47.2 Å². The van der Waals surface area contributed by atoms with Crippen LogP contribution >= 0.6 is 0 Å². The van der Waals surface area contributed by atoms with E-state index in [4.69, 9.17) is 4.74 Å². The molecule has 1 aromatic rings. The molecule has 2 N–H and O–H groups in total. The smallest absolute Gasteiger partial charge is 0.407 e. The number of likely N-dealkylation sites (tertiary alicyclic amines) is 1. The molecule has 3 saturated heterocycles. The molecule has 44 heavy (non-hydrogen) atoms. The number of piperazine rings is 1. The van der Waals surface area contributed by atoms with Gasteiger partial charge in [0.1, 0.15) is 11.6 Å². The number of nitrogens with zero attached hydrogens (tertiary/aromatic N) is 4. The average molecular weight is 611 g/mol. The molecule has 0 radical (unpaired) electrons. The number of piperidine rings is 1. The van der Waals surface area contributed by atoms with Gasteiger partial charge in [-0.2, -0.15) is 0 Å². The van der Waals surface area contributed by atoms with Crippen molar-refractivity contribution in [2.45, 2.75) is 70.6 Å². The first-order valence-corrected chi connectivity index (χ1v) is 15.0. The zero-order valence-corrected chi connectivity index (χ0v) is 25.2. The summed E-state index contributed by atoms with van der Waals surface area (Å²) in [6.45, 7) is 7.80. The number of amides is 7. The molecule has 14 nitrogen and oxygen atoms in total. The Labute approximate surface area is 255 Å². The zero-order chi connectivity index (χ0) is 31.8. The Hall–Kier alpha value is -4.49. The van der Waals surface area contributed by atoms with Crippen LogP contribution in [-0.4, -0.2) is 113 Å². The summed E-state index contributed by atoms with van der Waals surface area (Å²) in [4.78, 5) is 94.6. The maximum Gasteiger partial charge on any atom is 0.407 e. The van der Waals surface area contributed by atoms with E-state index in [1.165, 1.54) is 0 Å². The fourth-order valence-electron chi connectivity index (χ4n) is 6.07. The molecule has 5 rings (SSSR count). The number of rotatable bonds is 6. The first kappa shape index (κ1) is 31.0. The quantitative estimate of drug-likeness (QED) is 0.440. The van der Waals surface area contributed by atoms with Crippen LogP contribution in [0.4, 0.5) is 10.5 Å². The van der Waals surface area contributed by atoms with Crippen molar-refractivity contribution in [3.8, 4) is 0 Å². The summed E-state index contributed by atoms with van der Waals surface area (Å²) in [7, 11) is 0. The molecule has 7 amide bonds. The van der Waals surface area contributed by atoms with Gasteiger partial charge in [-0.1, -0.05) is 6.07 Å². The van der Waals surface area contributed by atoms with Gasteiger partial charge in [0.15, 0.2) is 0 Å². The molecule has 1 aromatic carbocycles. The summed E-state index contributed by atoms with van der Waals surface area (Å²) < 4.78 is 5.28. The van der Waals surface area contributed by atoms with E-state index in [0.29, 0.717) is 51.4 Å². The molecule has 3 fully saturated rings. The molecule has 14 heteroatoms. The zero-order valence-electron chi connectivity index (χ0n) is 25.2. The highest BCUT2D eigenvalue weighted by atomic mass is 16.6. The number of benzene rings is 1. The van der Waals surface area contributed by atoms with Crippen LogP contribution < -0.4 is 15.5 Å². The fraction of sp³-hybridized carbons (Fsp3) is 0.567. The lowest BCUT2D eigenvalue weighted by Gasteiger charge is -2.37. The molecule has 1 unspecified atom stereocenters. The first-order chi connectivity index (χ1) is 20.8. The summed E-state index contributed by atoms with van der Waals surface area (Å²) in [6, 6.07) is 3.74. The fourth-order valence-corrected chi connectivity index (χ4v) is 6.07. The number of anilines is 1. The highest BCUT2D eigenvalue weighted by Crippen LogP contribution is 2.34. The maximum absolute atomic E-state index is 13.4. The van der Waals surface area contributed by atoms with Gasteiger partial charge in [-0.3, -0.25) is 39.0 Å². The number of hydrogen-bond acceptors (Lipinski definition) is 9. The van der Waals surface area contributed by atoms with Gasteiger partial charge in [0, 0.05) is 58.5 Å². The standard InChI is InChI=1S/C30H38N6O8/c1-30(2,3)44-29(43)31-18-11-12-35(17-18)24(39)10-9-23(38)34-15-13-33(14-16-34)20-6-4-5-19-25(20)28(42)36(27(19)41)21-7-8-22(37)32-26(21)40/h4-6,18,21H,7-17H2,1-3H3,(H,31,43)(H,32,37,40)/t18-,21?/m0/s1. The first-order valence-electron chi connectivity index (χ1n) is 15.0. The Morgan fingerprint density at radius 1 is 0.909 bits per heavy atom. The topological polar surface area (TPSA) is 166 Å². The molecule has 236 valence electrons. The molecule has 4 heterocycles. The van der Waals surface area contributed by atoms with E-state index >= 15 is 0 Å². The summed E-state index contributed by atoms with van der Waals surface area (Å²) >= 11 is 0. The Morgan fingerprint density at radius 2 is 1.59 bits per heavy atom. The van der Waals surface area contributed by atoms with Crippen LogP contribution in [0, 0.1) is 0 Å². The third-order valence-corrected chi connectivity index (χ3v) is 8.23. The minimum absolute atomic E-state index is 0.0438. The summed E-state index contributed by atoms with van der Waals surface area (Å²) in [6.07, 6.45) is 0.349. The highest BCUT2D eigenvalue weighted by Gasteiger charge is 2.46. The van der Waals surface area contributed by atoms with Crippen LogP contribution in [0.5, 0.6) is 0 Å². The molecule has 0 saturated carbocycles. The number of carbonyl (C=O) groups excluding carboxylic acids is 7. The van der Waals surface area contributed by atoms with Crippen molar-refractivity contribution in [2.75, 3.05) is 44.2 Å². The second-order valence-corrected chi connectivity index (χ2v) is 12.5. The van der Waals surface area contributed by atoms with Crippen LogP contribution in [0.25, 0.3) is 0 Å². The highest BCUT2D eigenvalue weighted by molar-refractivity contribution is 6.25. The SMILES string of the molecule is CC(C)(C)OC(=O)N[C@H]1CCN(C(=O)CCC(=O)N2CCN(c3cccc4c3C(=O)N(C3CCC(=O)NC3=O)C4=O)CC2)C1. The van der Waals surface area contributed by atoms with E-state index in [1.807, 2.05) is 4.90 Å². The van der Waals surface area contributed by atoms with Gasteiger partial charge in [0.25, 0.3) is 11.8 Å². The lowest BCUT2D eigenvalue weighted by molar-refractivity contribution is -0.136. The minimum atomic E-state index is -1.04. The summed E-state index contributed by atoms with van der Waals surface area (Å²) in [5.41, 5.74) is 0.374. The lowest BCUT2D eigenvalue weighted by atomic mass is 10.0. The molecular weight excluding hydrogens is 572 g/mol. The van der Waals surface area contributed by atoms with Crippen molar-refractivity contribution in [1.29, 1.82) is 0 Å². The largest absolute Gasteiger partial charge is 0.444 e. The number of fused-ring (bicyclic) bond motifs is 1. The monoisotopic (exact) mass is 610 g/mol. The van der Waals surface area contributed by atoms with Crippen molar-refractivity contribution in [1.82, 2.24) is 25.3 Å². The number of ether oxygens (including phenoxy) is 1. The Kier molecular flexibility index (Phi) is 8.62. The number of hydrogen-bond donors (Lipinski definition) is 2. The van der Waals surface area contributed by atoms with E-state index in [0.717, 1.165) is 4.90 Å². The molecule has 0 bridgehead atoms. The average Bonchev–Trinajstić information content (AvgIpc) is 3.53. The van der Waals surface area contributed by atoms with E-state index in [-0.39, 0.29) is 54.7 Å². The predicted molar refractivity (Wildman–Crippen MR) is 155 cm³/mol. The number of alkyl carbamates (subject to hydrolysis) is 1. The number of imide groups is 2. The minimum Gasteiger partial charge on any atom is -0.444 e. The molecular formula is C30H38N6O8. The normalized spacial score (nSPS) is 22.2. The Balaban J connectivity index is 1.12. The predicted octanol–water partition coefficient (Wildman–Crippen LogP) is 0.642. The summed E-state index contributed by atoms with van der Waals surface area (Å²) in [5.74, 6) is -2.52. The second-order valence-electron chi connectivity index (χ2n) is 12.5. The molecule has 0 aliphatic carbocycles. The van der Waals surface area contributed by atoms with Gasteiger partial charge < -0.3 is 24.8 Å². The van der Waals surface area contributed by atoms with Crippen LogP contribution in [0.2, 0.25) is 0 Å².